The Balaban J connectivity index is 1.95. The SMILES string of the molecule is CCc1nc(NN)cc(NCCc2cccs2)n1. The van der Waals surface area contributed by atoms with Crippen molar-refractivity contribution in [3.63, 3.8) is 0 Å². The van der Waals surface area contributed by atoms with Crippen LogP contribution in [0.25, 0.3) is 0 Å². The standard InChI is InChI=1S/C12H17N5S/c1-2-10-15-11(8-12(16-10)17-13)14-6-5-9-4-3-7-18-9/h3-4,7-8H,2,5-6,13H2,1H3,(H2,14,15,16,17). The third-order valence-electron chi connectivity index (χ3n) is 2.49. The lowest BCUT2D eigenvalue weighted by Crippen LogP contribution is -2.13. The maximum Gasteiger partial charge on any atom is 0.145 e. The number of thiophene rings is 1. The molecule has 0 unspecified atom stereocenters. The van der Waals surface area contributed by atoms with Gasteiger partial charge in [-0.1, -0.05) is 13.0 Å². The molecule has 5 nitrogen and oxygen atoms in total. The third kappa shape index (κ3) is 3.41. The lowest BCUT2D eigenvalue weighted by Gasteiger charge is -2.08. The zero-order valence-corrected chi connectivity index (χ0v) is 11.1. The molecule has 0 aliphatic carbocycles. The van der Waals surface area contributed by atoms with Crippen LogP contribution in [-0.4, -0.2) is 16.5 Å². The van der Waals surface area contributed by atoms with Crippen LogP contribution in [0.3, 0.4) is 0 Å². The van der Waals surface area contributed by atoms with E-state index < -0.39 is 0 Å². The molecule has 0 aliphatic heterocycles. The molecule has 0 amide bonds. The summed E-state index contributed by atoms with van der Waals surface area (Å²) in [4.78, 5) is 10.0. The molecule has 2 heterocycles. The Morgan fingerprint density at radius 3 is 2.83 bits per heavy atom. The van der Waals surface area contributed by atoms with Crippen molar-refractivity contribution in [2.45, 2.75) is 19.8 Å². The summed E-state index contributed by atoms with van der Waals surface area (Å²) in [5.41, 5.74) is 2.56. The maximum atomic E-state index is 5.38. The molecule has 0 spiro atoms. The van der Waals surface area contributed by atoms with Crippen LogP contribution in [-0.2, 0) is 12.8 Å². The normalized spacial score (nSPS) is 10.3. The van der Waals surface area contributed by atoms with Crippen molar-refractivity contribution in [3.05, 3.63) is 34.3 Å². The predicted molar refractivity (Wildman–Crippen MR) is 75.7 cm³/mol. The lowest BCUT2D eigenvalue weighted by molar-refractivity contribution is 0.926. The van der Waals surface area contributed by atoms with Crippen molar-refractivity contribution >= 4 is 23.0 Å². The largest absolute Gasteiger partial charge is 0.370 e. The van der Waals surface area contributed by atoms with E-state index in [0.717, 1.165) is 31.0 Å². The average molecular weight is 263 g/mol. The van der Waals surface area contributed by atoms with Crippen molar-refractivity contribution < 1.29 is 0 Å². The van der Waals surface area contributed by atoms with Crippen LogP contribution in [0.4, 0.5) is 11.6 Å². The molecule has 0 saturated heterocycles. The second-order valence-corrected chi connectivity index (χ2v) is 4.84. The predicted octanol–water partition coefficient (Wildman–Crippen LogP) is 2.04. The van der Waals surface area contributed by atoms with E-state index in [1.807, 2.05) is 13.0 Å². The molecule has 0 atom stereocenters. The monoisotopic (exact) mass is 263 g/mol. The van der Waals surface area contributed by atoms with Crippen molar-refractivity contribution in [2.75, 3.05) is 17.3 Å². The van der Waals surface area contributed by atoms with Gasteiger partial charge in [0.2, 0.25) is 0 Å². The molecule has 0 bridgehead atoms. The van der Waals surface area contributed by atoms with Gasteiger partial charge < -0.3 is 10.7 Å². The highest BCUT2D eigenvalue weighted by atomic mass is 32.1. The average Bonchev–Trinajstić information content (AvgIpc) is 2.91. The van der Waals surface area contributed by atoms with Crippen molar-refractivity contribution in [1.29, 1.82) is 0 Å². The number of nitrogens with zero attached hydrogens (tertiary/aromatic N) is 2. The Labute approximate surface area is 110 Å². The van der Waals surface area contributed by atoms with Gasteiger partial charge in [-0.2, -0.15) is 0 Å². The minimum absolute atomic E-state index is 0.639. The van der Waals surface area contributed by atoms with E-state index in [1.54, 1.807) is 11.3 Å². The van der Waals surface area contributed by atoms with Crippen molar-refractivity contribution in [1.82, 2.24) is 9.97 Å². The molecule has 6 heteroatoms. The summed E-state index contributed by atoms with van der Waals surface area (Å²) >= 11 is 1.77. The first-order valence-electron chi connectivity index (χ1n) is 5.92. The topological polar surface area (TPSA) is 75.9 Å². The Bertz CT molecular complexity index is 461. The number of hydrogen-bond donors (Lipinski definition) is 3. The van der Waals surface area contributed by atoms with E-state index in [4.69, 9.17) is 5.84 Å². The first-order chi connectivity index (χ1) is 8.81. The zero-order valence-electron chi connectivity index (χ0n) is 10.3. The molecular weight excluding hydrogens is 246 g/mol. The number of rotatable bonds is 6. The van der Waals surface area contributed by atoms with E-state index in [9.17, 15) is 0 Å². The summed E-state index contributed by atoms with van der Waals surface area (Å²) in [6.07, 6.45) is 1.78. The molecule has 0 radical (unpaired) electrons. The van der Waals surface area contributed by atoms with Crippen molar-refractivity contribution in [2.24, 2.45) is 5.84 Å². The van der Waals surface area contributed by atoms with Gasteiger partial charge in [0.15, 0.2) is 0 Å². The van der Waals surface area contributed by atoms with Gasteiger partial charge in [-0.15, -0.1) is 11.3 Å². The highest BCUT2D eigenvalue weighted by Gasteiger charge is 2.02. The minimum Gasteiger partial charge on any atom is -0.370 e. The first-order valence-corrected chi connectivity index (χ1v) is 6.80. The van der Waals surface area contributed by atoms with E-state index in [2.05, 4.69) is 38.2 Å². The number of aryl methyl sites for hydroxylation is 1. The molecule has 0 fully saturated rings. The number of hydrogen-bond acceptors (Lipinski definition) is 6. The Hall–Kier alpha value is -1.66. The van der Waals surface area contributed by atoms with Crippen LogP contribution >= 0.6 is 11.3 Å². The summed E-state index contributed by atoms with van der Waals surface area (Å²) in [6, 6.07) is 6.01. The van der Waals surface area contributed by atoms with Crippen LogP contribution < -0.4 is 16.6 Å². The molecule has 0 aliphatic rings. The molecule has 4 N–H and O–H groups in total. The number of anilines is 2. The van der Waals surface area contributed by atoms with E-state index in [-0.39, 0.29) is 0 Å². The summed E-state index contributed by atoms with van der Waals surface area (Å²) < 4.78 is 0. The van der Waals surface area contributed by atoms with Gasteiger partial charge in [-0.3, -0.25) is 0 Å². The number of nitrogens with one attached hydrogen (secondary N) is 2. The molecule has 2 rings (SSSR count). The lowest BCUT2D eigenvalue weighted by atomic mass is 10.3. The minimum atomic E-state index is 0.639. The Kier molecular flexibility index (Phi) is 4.49. The number of hydrazine groups is 1. The maximum absolute atomic E-state index is 5.38. The van der Waals surface area contributed by atoms with E-state index >= 15 is 0 Å². The smallest absolute Gasteiger partial charge is 0.145 e. The zero-order chi connectivity index (χ0) is 12.8. The van der Waals surface area contributed by atoms with Gasteiger partial charge in [0.1, 0.15) is 17.5 Å². The summed E-state index contributed by atoms with van der Waals surface area (Å²) in [7, 11) is 0. The number of nitrogen functional groups attached to an aromatic ring is 1. The van der Waals surface area contributed by atoms with Gasteiger partial charge in [0.05, 0.1) is 0 Å². The van der Waals surface area contributed by atoms with Gasteiger partial charge in [0.25, 0.3) is 0 Å². The molecule has 0 saturated carbocycles. The van der Waals surface area contributed by atoms with Gasteiger partial charge in [0, 0.05) is 23.9 Å². The summed E-state index contributed by atoms with van der Waals surface area (Å²) in [5.74, 6) is 7.61. The number of aromatic nitrogens is 2. The second kappa shape index (κ2) is 6.32. The highest BCUT2D eigenvalue weighted by molar-refractivity contribution is 7.09. The fraction of sp³-hybridized carbons (Fsp3) is 0.333. The molecule has 2 aromatic rings. The first kappa shape index (κ1) is 12.8. The van der Waals surface area contributed by atoms with Gasteiger partial charge in [-0.25, -0.2) is 15.8 Å². The van der Waals surface area contributed by atoms with Crippen LogP contribution in [0, 0.1) is 0 Å². The van der Waals surface area contributed by atoms with Crippen LogP contribution in [0.1, 0.15) is 17.6 Å². The third-order valence-corrected chi connectivity index (χ3v) is 3.43. The Morgan fingerprint density at radius 1 is 1.33 bits per heavy atom. The Morgan fingerprint density at radius 2 is 2.17 bits per heavy atom. The van der Waals surface area contributed by atoms with Crippen LogP contribution in [0.2, 0.25) is 0 Å². The molecular formula is C12H17N5S. The fourth-order valence-electron chi connectivity index (χ4n) is 1.59. The highest BCUT2D eigenvalue weighted by Crippen LogP contribution is 2.12. The quantitative estimate of drug-likeness (QED) is 0.549. The van der Waals surface area contributed by atoms with Gasteiger partial charge in [-0.05, 0) is 17.9 Å². The van der Waals surface area contributed by atoms with Crippen molar-refractivity contribution in [3.8, 4) is 0 Å². The second-order valence-electron chi connectivity index (χ2n) is 3.81. The van der Waals surface area contributed by atoms with Crippen LogP contribution in [0.5, 0.6) is 0 Å². The molecule has 2 aromatic heterocycles. The summed E-state index contributed by atoms with van der Waals surface area (Å²) in [5, 5.41) is 5.38. The van der Waals surface area contributed by atoms with E-state index in [1.165, 1.54) is 4.88 Å². The number of nitrogens with two attached hydrogens (primary N) is 1. The fourth-order valence-corrected chi connectivity index (χ4v) is 2.30. The van der Waals surface area contributed by atoms with Crippen LogP contribution in [0.15, 0.2) is 23.6 Å². The van der Waals surface area contributed by atoms with E-state index in [0.29, 0.717) is 5.82 Å². The summed E-state index contributed by atoms with van der Waals surface area (Å²) in [6.45, 7) is 2.87. The molecule has 0 aromatic carbocycles. The molecule has 96 valence electrons. The van der Waals surface area contributed by atoms with Gasteiger partial charge >= 0.3 is 0 Å². The molecule has 18 heavy (non-hydrogen) atoms.